The van der Waals surface area contributed by atoms with Gasteiger partial charge in [-0.1, -0.05) is 11.6 Å². The zero-order chi connectivity index (χ0) is 20.3. The third-order valence-corrected chi connectivity index (χ3v) is 6.58. The van der Waals surface area contributed by atoms with Crippen LogP contribution in [-0.4, -0.2) is 50.4 Å². The van der Waals surface area contributed by atoms with E-state index in [9.17, 15) is 13.2 Å². The van der Waals surface area contributed by atoms with E-state index in [0.717, 1.165) is 0 Å². The fraction of sp³-hybridized carbons (Fsp3) is 0.333. The molecule has 28 heavy (non-hydrogen) atoms. The van der Waals surface area contributed by atoms with Crippen LogP contribution >= 0.6 is 11.6 Å². The Bertz CT molecular complexity index is 983. The van der Waals surface area contributed by atoms with E-state index >= 15 is 0 Å². The minimum Gasteiger partial charge on any atom is -0.493 e. The van der Waals surface area contributed by atoms with E-state index in [0.29, 0.717) is 29.4 Å². The molecule has 0 spiro atoms. The summed E-state index contributed by atoms with van der Waals surface area (Å²) < 4.78 is 37.8. The van der Waals surface area contributed by atoms with E-state index in [-0.39, 0.29) is 17.3 Å². The van der Waals surface area contributed by atoms with Gasteiger partial charge in [0.25, 0.3) is 0 Å². The molecule has 1 aliphatic rings. The molecule has 1 unspecified atom stereocenters. The Hall–Kier alpha value is -2.36. The number of carbonyl (C=O) groups excluding carboxylic acids is 1. The average molecular weight is 426 g/mol. The first-order valence-corrected chi connectivity index (χ1v) is 10.3. The number of pyridine rings is 1. The van der Waals surface area contributed by atoms with Crippen molar-refractivity contribution in [1.82, 2.24) is 9.29 Å². The number of nitrogens with zero attached hydrogens (tertiary/aromatic N) is 2. The van der Waals surface area contributed by atoms with Crippen molar-refractivity contribution >= 4 is 33.3 Å². The lowest BCUT2D eigenvalue weighted by Gasteiger charge is -2.23. The number of ether oxygens (including phenoxy) is 2. The summed E-state index contributed by atoms with van der Waals surface area (Å²) in [5.74, 6) is 0.542. The molecule has 1 aliphatic heterocycles. The molecule has 1 amide bonds. The zero-order valence-electron chi connectivity index (χ0n) is 15.4. The van der Waals surface area contributed by atoms with Crippen molar-refractivity contribution < 1.29 is 22.7 Å². The van der Waals surface area contributed by atoms with Gasteiger partial charge < -0.3 is 14.8 Å². The maximum atomic E-state index is 13.1. The molecule has 1 aromatic carbocycles. The lowest BCUT2D eigenvalue weighted by molar-refractivity contribution is -0.119. The van der Waals surface area contributed by atoms with Crippen LogP contribution in [0.15, 0.2) is 41.4 Å². The van der Waals surface area contributed by atoms with Gasteiger partial charge in [0.1, 0.15) is 11.9 Å². The third-order valence-electron chi connectivity index (χ3n) is 4.44. The molecular formula is C18H20ClN3O5S. The number of aromatic nitrogens is 1. The van der Waals surface area contributed by atoms with Gasteiger partial charge >= 0.3 is 0 Å². The highest BCUT2D eigenvalue weighted by molar-refractivity contribution is 7.89. The summed E-state index contributed by atoms with van der Waals surface area (Å²) in [6.07, 6.45) is 2.46. The molecule has 0 aliphatic carbocycles. The number of benzene rings is 1. The van der Waals surface area contributed by atoms with Gasteiger partial charge in [0.15, 0.2) is 11.5 Å². The van der Waals surface area contributed by atoms with Crippen LogP contribution in [0.5, 0.6) is 11.5 Å². The summed E-state index contributed by atoms with van der Waals surface area (Å²) in [7, 11) is -1.00. The predicted octanol–water partition coefficient (Wildman–Crippen LogP) is 2.54. The molecule has 1 atom stereocenters. The van der Waals surface area contributed by atoms with E-state index in [1.807, 2.05) is 0 Å². The standard InChI is InChI=1S/C18H20ClN3O5S/c1-26-15-6-5-13(11-16(15)27-2)28(24,25)22-9-3-4-14(22)18(23)21-17-10-12(19)7-8-20-17/h5-8,10-11,14H,3-4,9H2,1-2H3,(H,20,21,23). The first kappa shape index (κ1) is 20.4. The first-order chi connectivity index (χ1) is 13.4. The Morgan fingerprint density at radius 2 is 1.96 bits per heavy atom. The van der Waals surface area contributed by atoms with Gasteiger partial charge in [0.2, 0.25) is 15.9 Å². The summed E-state index contributed by atoms with van der Waals surface area (Å²) in [6, 6.07) is 6.59. The van der Waals surface area contributed by atoms with E-state index in [1.165, 1.54) is 49.0 Å². The van der Waals surface area contributed by atoms with Crippen molar-refractivity contribution in [1.29, 1.82) is 0 Å². The second-order valence-electron chi connectivity index (χ2n) is 6.14. The number of sulfonamides is 1. The maximum Gasteiger partial charge on any atom is 0.243 e. The van der Waals surface area contributed by atoms with Crippen molar-refractivity contribution in [3.8, 4) is 11.5 Å². The minimum atomic E-state index is -3.90. The maximum absolute atomic E-state index is 13.1. The van der Waals surface area contributed by atoms with Crippen LogP contribution in [0.2, 0.25) is 5.02 Å². The number of hydrogen-bond acceptors (Lipinski definition) is 6. The number of carbonyl (C=O) groups is 1. The Morgan fingerprint density at radius 1 is 1.21 bits per heavy atom. The van der Waals surface area contributed by atoms with Crippen molar-refractivity contribution in [2.24, 2.45) is 0 Å². The predicted molar refractivity (Wildman–Crippen MR) is 104 cm³/mol. The molecule has 3 rings (SSSR count). The van der Waals surface area contributed by atoms with Crippen molar-refractivity contribution in [3.63, 3.8) is 0 Å². The van der Waals surface area contributed by atoms with Crippen LogP contribution in [0.1, 0.15) is 12.8 Å². The van der Waals surface area contributed by atoms with Gasteiger partial charge in [-0.05, 0) is 37.1 Å². The number of methoxy groups -OCH3 is 2. The monoisotopic (exact) mass is 425 g/mol. The van der Waals surface area contributed by atoms with E-state index < -0.39 is 22.0 Å². The number of hydrogen-bond donors (Lipinski definition) is 1. The van der Waals surface area contributed by atoms with Gasteiger partial charge in [0, 0.05) is 23.8 Å². The van der Waals surface area contributed by atoms with Gasteiger partial charge in [0.05, 0.1) is 19.1 Å². The second kappa shape index (κ2) is 8.34. The Morgan fingerprint density at radius 3 is 2.64 bits per heavy atom. The molecule has 2 heterocycles. The molecule has 1 fully saturated rings. The lowest BCUT2D eigenvalue weighted by atomic mass is 10.2. The van der Waals surface area contributed by atoms with E-state index in [2.05, 4.69) is 10.3 Å². The molecule has 150 valence electrons. The van der Waals surface area contributed by atoms with Gasteiger partial charge in [-0.2, -0.15) is 4.31 Å². The highest BCUT2D eigenvalue weighted by Crippen LogP contribution is 2.33. The summed E-state index contributed by atoms with van der Waals surface area (Å²) >= 11 is 5.90. The Labute approximate surface area is 168 Å². The van der Waals surface area contributed by atoms with Gasteiger partial charge in [-0.3, -0.25) is 4.79 Å². The highest BCUT2D eigenvalue weighted by atomic mass is 35.5. The first-order valence-electron chi connectivity index (χ1n) is 8.53. The highest BCUT2D eigenvalue weighted by Gasteiger charge is 2.39. The molecule has 1 saturated heterocycles. The van der Waals surface area contributed by atoms with Crippen molar-refractivity contribution in [3.05, 3.63) is 41.6 Å². The molecule has 1 aromatic heterocycles. The largest absolute Gasteiger partial charge is 0.493 e. The van der Waals surface area contributed by atoms with Crippen LogP contribution in [0, 0.1) is 0 Å². The molecule has 1 N–H and O–H groups in total. The van der Waals surface area contributed by atoms with Crippen LogP contribution in [-0.2, 0) is 14.8 Å². The fourth-order valence-corrected chi connectivity index (χ4v) is 4.92. The Kier molecular flexibility index (Phi) is 6.07. The summed E-state index contributed by atoms with van der Waals surface area (Å²) in [4.78, 5) is 16.7. The summed E-state index contributed by atoms with van der Waals surface area (Å²) in [5.41, 5.74) is 0. The second-order valence-corrected chi connectivity index (χ2v) is 8.47. The number of anilines is 1. The Balaban J connectivity index is 1.85. The van der Waals surface area contributed by atoms with Crippen LogP contribution in [0.25, 0.3) is 0 Å². The van der Waals surface area contributed by atoms with Crippen molar-refractivity contribution in [2.45, 2.75) is 23.8 Å². The van der Waals surface area contributed by atoms with Gasteiger partial charge in [-0.15, -0.1) is 0 Å². The topological polar surface area (TPSA) is 97.8 Å². The minimum absolute atomic E-state index is 0.0331. The lowest BCUT2D eigenvalue weighted by Crippen LogP contribution is -2.43. The average Bonchev–Trinajstić information content (AvgIpc) is 3.18. The molecule has 2 aromatic rings. The molecule has 0 saturated carbocycles. The van der Waals surface area contributed by atoms with E-state index in [4.69, 9.17) is 21.1 Å². The number of halogens is 1. The summed E-state index contributed by atoms with van der Waals surface area (Å²) in [6.45, 7) is 0.248. The fourth-order valence-electron chi connectivity index (χ4n) is 3.08. The van der Waals surface area contributed by atoms with Gasteiger partial charge in [-0.25, -0.2) is 13.4 Å². The third kappa shape index (κ3) is 4.06. The van der Waals surface area contributed by atoms with Crippen LogP contribution in [0.3, 0.4) is 0 Å². The quantitative estimate of drug-likeness (QED) is 0.763. The zero-order valence-corrected chi connectivity index (χ0v) is 17.0. The van der Waals surface area contributed by atoms with E-state index in [1.54, 1.807) is 6.07 Å². The molecule has 0 bridgehead atoms. The normalized spacial score (nSPS) is 17.3. The number of nitrogens with one attached hydrogen (secondary N) is 1. The van der Waals surface area contributed by atoms with Crippen molar-refractivity contribution in [2.75, 3.05) is 26.1 Å². The molecule has 0 radical (unpaired) electrons. The SMILES string of the molecule is COc1ccc(S(=O)(=O)N2CCCC2C(=O)Nc2cc(Cl)ccn2)cc1OC. The molecule has 10 heteroatoms. The smallest absolute Gasteiger partial charge is 0.243 e. The van der Waals surface area contributed by atoms with Crippen LogP contribution in [0.4, 0.5) is 5.82 Å². The summed E-state index contributed by atoms with van der Waals surface area (Å²) in [5, 5.41) is 3.06. The number of amides is 1. The molecule has 8 nitrogen and oxygen atoms in total. The molecular weight excluding hydrogens is 406 g/mol. The van der Waals surface area contributed by atoms with Crippen LogP contribution < -0.4 is 14.8 Å². The number of rotatable bonds is 6.